The van der Waals surface area contributed by atoms with Crippen LogP contribution in [0, 0.1) is 11.6 Å². The Kier molecular flexibility index (Phi) is 6.08. The fourth-order valence-electron chi connectivity index (χ4n) is 2.52. The van der Waals surface area contributed by atoms with E-state index in [1.54, 1.807) is 0 Å². The van der Waals surface area contributed by atoms with Gasteiger partial charge in [-0.05, 0) is 30.7 Å². The lowest BCUT2D eigenvalue weighted by Crippen LogP contribution is -2.44. The lowest BCUT2D eigenvalue weighted by molar-refractivity contribution is 0.0988. The van der Waals surface area contributed by atoms with Crippen LogP contribution in [-0.4, -0.2) is 43.3 Å². The number of halogens is 2. The second-order valence-electron chi connectivity index (χ2n) is 6.73. The Morgan fingerprint density at radius 3 is 2.44 bits per heavy atom. The van der Waals surface area contributed by atoms with E-state index < -0.39 is 32.9 Å². The van der Waals surface area contributed by atoms with Crippen molar-refractivity contribution in [2.45, 2.75) is 18.9 Å². The van der Waals surface area contributed by atoms with Gasteiger partial charge in [0.25, 0.3) is 0 Å². The number of nitrogens with two attached hydrogens (primary N) is 1. The first kappa shape index (κ1) is 21.1. The van der Waals surface area contributed by atoms with Crippen LogP contribution < -0.4 is 5.73 Å². The summed E-state index contributed by atoms with van der Waals surface area (Å²) in [6, 6.07) is 6.32. The predicted octanol–water partition coefficient (Wildman–Crippen LogP) is 1.85. The number of sulfonamides is 1. The van der Waals surface area contributed by atoms with E-state index >= 15 is 0 Å². The maximum absolute atomic E-state index is 14.3. The van der Waals surface area contributed by atoms with Gasteiger partial charge in [-0.2, -0.15) is 0 Å². The molecule has 1 aromatic carbocycles. The summed E-state index contributed by atoms with van der Waals surface area (Å²) < 4.78 is 52.5. The van der Waals surface area contributed by atoms with Gasteiger partial charge in [0.15, 0.2) is 5.78 Å². The number of rotatable bonds is 7. The van der Waals surface area contributed by atoms with E-state index in [1.807, 2.05) is 0 Å². The fourth-order valence-corrected chi connectivity index (χ4v) is 3.69. The van der Waals surface area contributed by atoms with Crippen molar-refractivity contribution >= 4 is 15.8 Å². The average molecular weight is 397 g/mol. The Hall–Kier alpha value is -2.23. The molecule has 1 atom stereocenters. The Labute approximate surface area is 157 Å². The van der Waals surface area contributed by atoms with Crippen LogP contribution in [0.5, 0.6) is 0 Å². The molecule has 0 aliphatic heterocycles. The number of benzene rings is 1. The number of nitrogens with zero attached hydrogens (tertiary/aromatic N) is 2. The van der Waals surface area contributed by atoms with Crippen molar-refractivity contribution in [3.63, 3.8) is 0 Å². The van der Waals surface area contributed by atoms with E-state index in [0.717, 1.165) is 22.6 Å². The molecule has 1 aromatic heterocycles. The van der Waals surface area contributed by atoms with Crippen LogP contribution in [0.1, 0.15) is 28.5 Å². The molecule has 1 heterocycles. The summed E-state index contributed by atoms with van der Waals surface area (Å²) in [4.78, 5) is 16.0. The van der Waals surface area contributed by atoms with Crippen molar-refractivity contribution in [1.29, 1.82) is 0 Å². The van der Waals surface area contributed by atoms with E-state index in [0.29, 0.717) is 5.56 Å². The van der Waals surface area contributed by atoms with Gasteiger partial charge < -0.3 is 5.73 Å². The molecular formula is C18H21F2N3O3S. The Morgan fingerprint density at radius 1 is 1.22 bits per heavy atom. The molecule has 0 fully saturated rings. The van der Waals surface area contributed by atoms with Gasteiger partial charge in [-0.3, -0.25) is 9.78 Å². The van der Waals surface area contributed by atoms with Crippen molar-refractivity contribution < 1.29 is 22.0 Å². The molecule has 27 heavy (non-hydrogen) atoms. The quantitative estimate of drug-likeness (QED) is 0.720. The molecule has 2 rings (SSSR count). The highest BCUT2D eigenvalue weighted by molar-refractivity contribution is 7.89. The highest BCUT2D eigenvalue weighted by atomic mass is 32.2. The Bertz CT molecular complexity index is 943. The van der Waals surface area contributed by atoms with Crippen LogP contribution in [0.3, 0.4) is 0 Å². The van der Waals surface area contributed by atoms with Crippen LogP contribution in [0.2, 0.25) is 0 Å². The predicted molar refractivity (Wildman–Crippen MR) is 97.6 cm³/mol. The molecule has 2 N–H and O–H groups in total. The molecule has 0 aliphatic rings. The number of aromatic nitrogens is 1. The molecule has 0 saturated heterocycles. The van der Waals surface area contributed by atoms with Crippen molar-refractivity contribution in [1.82, 2.24) is 9.29 Å². The molecule has 0 radical (unpaired) electrons. The lowest BCUT2D eigenvalue weighted by Gasteiger charge is -2.27. The van der Waals surface area contributed by atoms with Gasteiger partial charge in [-0.15, -0.1) is 0 Å². The first-order chi connectivity index (χ1) is 12.4. The second kappa shape index (κ2) is 7.79. The summed E-state index contributed by atoms with van der Waals surface area (Å²) >= 11 is 0. The third kappa shape index (κ3) is 5.15. The number of carbonyl (C=O) groups is 1. The number of hydrogen-bond donors (Lipinski definition) is 1. The molecule has 0 aliphatic carbocycles. The SMILES string of the molecule is CN(C)S(=O)(=O)C[C@](C)(N)c1cc(CC(=O)c2ccc(F)cn2)ccc1F. The topological polar surface area (TPSA) is 93.4 Å². The molecule has 6 nitrogen and oxygen atoms in total. The molecule has 0 bridgehead atoms. The summed E-state index contributed by atoms with van der Waals surface area (Å²) in [5.41, 5.74) is 5.12. The minimum absolute atomic E-state index is 0.00899. The molecule has 0 amide bonds. The monoisotopic (exact) mass is 397 g/mol. The molecule has 0 spiro atoms. The zero-order valence-corrected chi connectivity index (χ0v) is 16.1. The van der Waals surface area contributed by atoms with Crippen molar-refractivity contribution in [3.05, 3.63) is 65.0 Å². The van der Waals surface area contributed by atoms with E-state index in [-0.39, 0.29) is 23.5 Å². The van der Waals surface area contributed by atoms with Gasteiger partial charge in [-0.25, -0.2) is 21.5 Å². The summed E-state index contributed by atoms with van der Waals surface area (Å²) in [5, 5.41) is 0. The van der Waals surface area contributed by atoms with Crippen LogP contribution >= 0.6 is 0 Å². The van der Waals surface area contributed by atoms with E-state index in [4.69, 9.17) is 5.73 Å². The number of pyridine rings is 1. The van der Waals surface area contributed by atoms with Gasteiger partial charge in [0.05, 0.1) is 17.5 Å². The Morgan fingerprint density at radius 2 is 1.89 bits per heavy atom. The van der Waals surface area contributed by atoms with Gasteiger partial charge in [0.1, 0.15) is 17.3 Å². The molecule has 146 valence electrons. The standard InChI is InChI=1S/C18H21F2N3O3S/c1-18(21,11-27(25,26)23(2)3)14-8-12(4-6-15(14)20)9-17(24)16-7-5-13(19)10-22-16/h4-8,10H,9,11,21H2,1-3H3/t18-/m0/s1. The van der Waals surface area contributed by atoms with Crippen LogP contribution in [-0.2, 0) is 22.0 Å². The normalized spacial score (nSPS) is 14.2. The minimum atomic E-state index is -3.67. The van der Waals surface area contributed by atoms with Gasteiger partial charge in [0.2, 0.25) is 10.0 Å². The molecule has 0 saturated carbocycles. The largest absolute Gasteiger partial charge is 0.321 e. The zero-order valence-electron chi connectivity index (χ0n) is 15.2. The van der Waals surface area contributed by atoms with Crippen molar-refractivity contribution in [2.24, 2.45) is 5.73 Å². The lowest BCUT2D eigenvalue weighted by atomic mass is 9.92. The van der Waals surface area contributed by atoms with Crippen LogP contribution in [0.15, 0.2) is 36.5 Å². The first-order valence-electron chi connectivity index (χ1n) is 8.05. The summed E-state index contributed by atoms with van der Waals surface area (Å²) in [5.74, 6) is -2.10. The second-order valence-corrected chi connectivity index (χ2v) is 8.91. The van der Waals surface area contributed by atoms with Crippen molar-refractivity contribution in [2.75, 3.05) is 19.8 Å². The number of hydrogen-bond acceptors (Lipinski definition) is 5. The highest BCUT2D eigenvalue weighted by Gasteiger charge is 2.32. The molecule has 2 aromatic rings. The first-order valence-corrected chi connectivity index (χ1v) is 9.66. The maximum Gasteiger partial charge on any atom is 0.215 e. The number of ketones is 1. The van der Waals surface area contributed by atoms with Crippen LogP contribution in [0.4, 0.5) is 8.78 Å². The van der Waals surface area contributed by atoms with Gasteiger partial charge in [-0.1, -0.05) is 12.1 Å². The smallest absolute Gasteiger partial charge is 0.215 e. The zero-order chi connectivity index (χ0) is 20.4. The number of Topliss-reactive ketones (excluding diaryl/α,β-unsaturated/α-hetero) is 1. The third-order valence-electron chi connectivity index (χ3n) is 4.06. The van der Waals surface area contributed by atoms with Crippen molar-refractivity contribution in [3.8, 4) is 0 Å². The summed E-state index contributed by atoms with van der Waals surface area (Å²) in [7, 11) is -0.939. The molecular weight excluding hydrogens is 376 g/mol. The van der Waals surface area contributed by atoms with Gasteiger partial charge in [0, 0.05) is 26.1 Å². The summed E-state index contributed by atoms with van der Waals surface area (Å²) in [6.07, 6.45) is 0.828. The average Bonchev–Trinajstić information content (AvgIpc) is 2.56. The van der Waals surface area contributed by atoms with Gasteiger partial charge >= 0.3 is 0 Å². The Balaban J connectivity index is 2.30. The minimum Gasteiger partial charge on any atom is -0.321 e. The maximum atomic E-state index is 14.3. The highest BCUT2D eigenvalue weighted by Crippen LogP contribution is 2.25. The van der Waals surface area contributed by atoms with E-state index in [1.165, 1.54) is 39.2 Å². The summed E-state index contributed by atoms with van der Waals surface area (Å²) in [6.45, 7) is 1.42. The van der Waals surface area contributed by atoms with E-state index in [2.05, 4.69) is 4.98 Å². The van der Waals surface area contributed by atoms with E-state index in [9.17, 15) is 22.0 Å². The number of carbonyl (C=O) groups excluding carboxylic acids is 1. The third-order valence-corrected chi connectivity index (χ3v) is 6.14. The van der Waals surface area contributed by atoms with Crippen LogP contribution in [0.25, 0.3) is 0 Å². The molecule has 0 unspecified atom stereocenters. The fraction of sp³-hybridized carbons (Fsp3) is 0.333. The molecule has 9 heteroatoms.